The largest absolute Gasteiger partial charge is 0.497 e. The van der Waals surface area contributed by atoms with E-state index >= 15 is 0 Å². The average molecular weight is 417 g/mol. The molecule has 1 saturated heterocycles. The first-order valence-corrected chi connectivity index (χ1v) is 11.3. The first-order chi connectivity index (χ1) is 13.8. The number of rotatable bonds is 6. The van der Waals surface area contributed by atoms with E-state index in [1.165, 1.54) is 4.31 Å². The van der Waals surface area contributed by atoms with Crippen molar-refractivity contribution in [2.24, 2.45) is 0 Å². The molecule has 3 rings (SSSR count). The number of piperidine rings is 1. The van der Waals surface area contributed by atoms with Crippen LogP contribution >= 0.6 is 0 Å². The maximum absolute atomic E-state index is 13.2. The lowest BCUT2D eigenvalue weighted by molar-refractivity contribution is -0.117. The van der Waals surface area contributed by atoms with Crippen LogP contribution in [-0.4, -0.2) is 38.3 Å². The van der Waals surface area contributed by atoms with E-state index in [9.17, 15) is 13.2 Å². The Labute approximate surface area is 172 Å². The quantitative estimate of drug-likeness (QED) is 0.775. The lowest BCUT2D eigenvalue weighted by atomic mass is 10.0. The van der Waals surface area contributed by atoms with Gasteiger partial charge in [-0.3, -0.25) is 4.79 Å². The molecule has 2 aromatic rings. The minimum atomic E-state index is -3.67. The van der Waals surface area contributed by atoms with E-state index < -0.39 is 10.0 Å². The summed E-state index contributed by atoms with van der Waals surface area (Å²) >= 11 is 0. The molecule has 0 aromatic heterocycles. The van der Waals surface area contributed by atoms with Crippen molar-refractivity contribution in [2.75, 3.05) is 19.0 Å². The fraction of sp³-hybridized carbons (Fsp3) is 0.409. The standard InChI is InChI=1S/C22H28N2O4S/c1-16-7-8-18(14-17(16)2)23-22(25)15-19-6-4-5-13-24(19)29(26,27)21-11-9-20(28-3)10-12-21/h7-12,14,19H,4-6,13,15H2,1-3H3,(H,23,25). The van der Waals surface area contributed by atoms with E-state index in [0.29, 0.717) is 18.7 Å². The van der Waals surface area contributed by atoms with Gasteiger partial charge in [-0.1, -0.05) is 12.5 Å². The zero-order valence-electron chi connectivity index (χ0n) is 17.1. The highest BCUT2D eigenvalue weighted by Gasteiger charge is 2.34. The van der Waals surface area contributed by atoms with Gasteiger partial charge >= 0.3 is 0 Å². The first-order valence-electron chi connectivity index (χ1n) is 9.84. The predicted molar refractivity (Wildman–Crippen MR) is 114 cm³/mol. The smallest absolute Gasteiger partial charge is 0.243 e. The highest BCUT2D eigenvalue weighted by molar-refractivity contribution is 7.89. The molecule has 1 N–H and O–H groups in total. The number of nitrogens with zero attached hydrogens (tertiary/aromatic N) is 1. The van der Waals surface area contributed by atoms with Gasteiger partial charge in [-0.15, -0.1) is 0 Å². The number of hydrogen-bond acceptors (Lipinski definition) is 4. The number of aryl methyl sites for hydroxylation is 2. The molecular weight excluding hydrogens is 388 g/mol. The monoisotopic (exact) mass is 416 g/mol. The Balaban J connectivity index is 1.74. The predicted octanol–water partition coefficient (Wildman–Crippen LogP) is 3.88. The number of carbonyl (C=O) groups excluding carboxylic acids is 1. The molecule has 2 aromatic carbocycles. The van der Waals surface area contributed by atoms with E-state index in [1.54, 1.807) is 31.4 Å². The van der Waals surface area contributed by atoms with Gasteiger partial charge in [0.05, 0.1) is 12.0 Å². The molecule has 1 aliphatic rings. The molecule has 1 heterocycles. The van der Waals surface area contributed by atoms with Crippen molar-refractivity contribution >= 4 is 21.6 Å². The van der Waals surface area contributed by atoms with Crippen LogP contribution in [-0.2, 0) is 14.8 Å². The molecule has 0 spiro atoms. The summed E-state index contributed by atoms with van der Waals surface area (Å²) in [5.74, 6) is 0.432. The van der Waals surface area contributed by atoms with Gasteiger partial charge in [0.15, 0.2) is 0 Å². The Kier molecular flexibility index (Phi) is 6.59. The number of sulfonamides is 1. The van der Waals surface area contributed by atoms with Crippen molar-refractivity contribution in [3.63, 3.8) is 0 Å². The van der Waals surface area contributed by atoms with E-state index in [4.69, 9.17) is 4.74 Å². The summed E-state index contributed by atoms with van der Waals surface area (Å²) in [5.41, 5.74) is 3.00. The van der Waals surface area contributed by atoms with E-state index in [0.717, 1.165) is 29.7 Å². The molecule has 0 saturated carbocycles. The molecule has 0 aliphatic carbocycles. The number of anilines is 1. The number of benzene rings is 2. The molecule has 0 bridgehead atoms. The SMILES string of the molecule is COc1ccc(S(=O)(=O)N2CCCCC2CC(=O)Nc2ccc(C)c(C)c2)cc1. The molecule has 1 atom stereocenters. The fourth-order valence-electron chi connectivity index (χ4n) is 3.62. The van der Waals surface area contributed by atoms with E-state index in [1.807, 2.05) is 32.0 Å². The van der Waals surface area contributed by atoms with Crippen molar-refractivity contribution in [3.8, 4) is 5.75 Å². The van der Waals surface area contributed by atoms with Crippen molar-refractivity contribution in [1.82, 2.24) is 4.31 Å². The third-order valence-corrected chi connectivity index (χ3v) is 7.42. The van der Waals surface area contributed by atoms with Crippen LogP contribution in [0.15, 0.2) is 47.4 Å². The lowest BCUT2D eigenvalue weighted by Gasteiger charge is -2.34. The van der Waals surface area contributed by atoms with Crippen molar-refractivity contribution < 1.29 is 17.9 Å². The van der Waals surface area contributed by atoms with Gasteiger partial charge in [-0.2, -0.15) is 4.31 Å². The van der Waals surface area contributed by atoms with Crippen LogP contribution in [0.4, 0.5) is 5.69 Å². The Morgan fingerprint density at radius 1 is 1.10 bits per heavy atom. The maximum Gasteiger partial charge on any atom is 0.243 e. The van der Waals surface area contributed by atoms with Gasteiger partial charge in [0.1, 0.15) is 5.75 Å². The summed E-state index contributed by atoms with van der Waals surface area (Å²) in [6.07, 6.45) is 2.53. The maximum atomic E-state index is 13.2. The van der Waals surface area contributed by atoms with Gasteiger partial charge in [0.25, 0.3) is 0 Å². The van der Waals surface area contributed by atoms with Crippen LogP contribution < -0.4 is 10.1 Å². The highest BCUT2D eigenvalue weighted by atomic mass is 32.2. The fourth-order valence-corrected chi connectivity index (χ4v) is 5.32. The van der Waals surface area contributed by atoms with Crippen molar-refractivity contribution in [1.29, 1.82) is 0 Å². The molecule has 1 fully saturated rings. The van der Waals surface area contributed by atoms with Crippen LogP contribution in [0.3, 0.4) is 0 Å². The molecule has 7 heteroatoms. The van der Waals surface area contributed by atoms with Gasteiger partial charge in [-0.05, 0) is 74.2 Å². The second kappa shape index (κ2) is 8.97. The lowest BCUT2D eigenvalue weighted by Crippen LogP contribution is -2.45. The summed E-state index contributed by atoms with van der Waals surface area (Å²) in [7, 11) is -2.13. The summed E-state index contributed by atoms with van der Waals surface area (Å²) in [6, 6.07) is 11.8. The van der Waals surface area contributed by atoms with Crippen LogP contribution in [0.1, 0.15) is 36.8 Å². The molecule has 156 valence electrons. The van der Waals surface area contributed by atoms with Crippen LogP contribution in [0.2, 0.25) is 0 Å². The number of ether oxygens (including phenoxy) is 1. The number of amides is 1. The second-order valence-electron chi connectivity index (χ2n) is 7.49. The Hall–Kier alpha value is -2.38. The third kappa shape index (κ3) is 4.97. The minimum absolute atomic E-state index is 0.141. The molecular formula is C22H28N2O4S. The van der Waals surface area contributed by atoms with Gasteiger partial charge in [0, 0.05) is 24.7 Å². The normalized spacial score (nSPS) is 17.7. The molecule has 1 amide bonds. The van der Waals surface area contributed by atoms with Gasteiger partial charge in [-0.25, -0.2) is 8.42 Å². The zero-order chi connectivity index (χ0) is 21.0. The molecule has 1 aliphatic heterocycles. The molecule has 6 nitrogen and oxygen atoms in total. The number of nitrogens with one attached hydrogen (secondary N) is 1. The average Bonchev–Trinajstić information content (AvgIpc) is 2.71. The van der Waals surface area contributed by atoms with E-state index in [-0.39, 0.29) is 23.3 Å². The van der Waals surface area contributed by atoms with Crippen molar-refractivity contribution in [2.45, 2.75) is 50.5 Å². The Bertz CT molecular complexity index is 971. The topological polar surface area (TPSA) is 75.7 Å². The number of methoxy groups -OCH3 is 1. The van der Waals surface area contributed by atoms with Crippen molar-refractivity contribution in [3.05, 3.63) is 53.6 Å². The number of hydrogen-bond donors (Lipinski definition) is 1. The second-order valence-corrected chi connectivity index (χ2v) is 9.38. The summed E-state index contributed by atoms with van der Waals surface area (Å²) in [6.45, 7) is 4.44. The van der Waals surface area contributed by atoms with Crippen LogP contribution in [0.5, 0.6) is 5.75 Å². The zero-order valence-corrected chi connectivity index (χ0v) is 18.0. The van der Waals surface area contributed by atoms with Crippen LogP contribution in [0, 0.1) is 13.8 Å². The Morgan fingerprint density at radius 2 is 1.83 bits per heavy atom. The van der Waals surface area contributed by atoms with E-state index in [2.05, 4.69) is 5.32 Å². The minimum Gasteiger partial charge on any atom is -0.497 e. The summed E-state index contributed by atoms with van der Waals surface area (Å²) in [4.78, 5) is 12.8. The Morgan fingerprint density at radius 3 is 2.48 bits per heavy atom. The van der Waals surface area contributed by atoms with Gasteiger partial charge < -0.3 is 10.1 Å². The molecule has 29 heavy (non-hydrogen) atoms. The summed E-state index contributed by atoms with van der Waals surface area (Å²) < 4.78 is 32.9. The number of carbonyl (C=O) groups is 1. The highest BCUT2D eigenvalue weighted by Crippen LogP contribution is 2.28. The van der Waals surface area contributed by atoms with Gasteiger partial charge in [0.2, 0.25) is 15.9 Å². The van der Waals surface area contributed by atoms with Crippen LogP contribution in [0.25, 0.3) is 0 Å². The summed E-state index contributed by atoms with van der Waals surface area (Å²) in [5, 5.41) is 2.91. The first kappa shape index (κ1) is 21.3. The third-order valence-electron chi connectivity index (χ3n) is 5.45. The molecule has 1 unspecified atom stereocenters. The molecule has 0 radical (unpaired) electrons.